The van der Waals surface area contributed by atoms with Crippen LogP contribution in [0.3, 0.4) is 0 Å². The number of hydrogen-bond donors (Lipinski definition) is 0. The van der Waals surface area contributed by atoms with Gasteiger partial charge in [-0.15, -0.1) is 0 Å². The molecule has 38 heavy (non-hydrogen) atoms. The maximum absolute atomic E-state index is 12.6. The van der Waals surface area contributed by atoms with Crippen LogP contribution in [0.15, 0.2) is 60.7 Å². The zero-order valence-electron chi connectivity index (χ0n) is 23.7. The Labute approximate surface area is 227 Å². The van der Waals surface area contributed by atoms with E-state index in [0.29, 0.717) is 12.8 Å². The third kappa shape index (κ3) is 5.27. The summed E-state index contributed by atoms with van der Waals surface area (Å²) in [6.07, 6.45) is 2.92. The van der Waals surface area contributed by atoms with Crippen LogP contribution in [0, 0.1) is 0 Å². The van der Waals surface area contributed by atoms with Gasteiger partial charge < -0.3 is 9.80 Å². The van der Waals surface area contributed by atoms with E-state index < -0.39 is 0 Å². The molecule has 2 aliphatic rings. The summed E-state index contributed by atoms with van der Waals surface area (Å²) in [6.45, 7) is 15.1. The molecule has 0 atom stereocenters. The van der Waals surface area contributed by atoms with Crippen LogP contribution >= 0.6 is 0 Å². The Morgan fingerprint density at radius 3 is 1.26 bits per heavy atom. The number of amides is 2. The third-order valence-corrected chi connectivity index (χ3v) is 7.89. The first kappa shape index (κ1) is 26.2. The molecule has 0 spiro atoms. The van der Waals surface area contributed by atoms with E-state index in [1.165, 1.54) is 22.3 Å². The fourth-order valence-electron chi connectivity index (χ4n) is 5.43. The largest absolute Gasteiger partial charge is 0.312 e. The number of anilines is 2. The number of nitrogens with zero attached hydrogens (tertiary/aromatic N) is 2. The minimum Gasteiger partial charge on any atom is -0.312 e. The average molecular weight is 509 g/mol. The highest BCUT2D eigenvalue weighted by atomic mass is 16.2. The van der Waals surface area contributed by atoms with E-state index in [1.807, 2.05) is 15.9 Å². The van der Waals surface area contributed by atoms with Crippen molar-refractivity contribution >= 4 is 23.2 Å². The van der Waals surface area contributed by atoms with Gasteiger partial charge in [0.1, 0.15) is 0 Å². The van der Waals surface area contributed by atoms with Crippen molar-refractivity contribution in [2.24, 2.45) is 0 Å². The van der Waals surface area contributed by atoms with Gasteiger partial charge >= 0.3 is 0 Å². The first-order valence-corrected chi connectivity index (χ1v) is 13.9. The monoisotopic (exact) mass is 508 g/mol. The number of carbonyl (C=O) groups is 2. The quantitative estimate of drug-likeness (QED) is 0.360. The van der Waals surface area contributed by atoms with E-state index in [4.69, 9.17) is 0 Å². The molecule has 3 aromatic rings. The Morgan fingerprint density at radius 2 is 0.921 bits per heavy atom. The van der Waals surface area contributed by atoms with Crippen LogP contribution in [0.2, 0.25) is 0 Å². The number of rotatable bonds is 4. The van der Waals surface area contributed by atoms with Crippen molar-refractivity contribution in [3.8, 4) is 22.3 Å². The molecule has 0 aromatic heterocycles. The Balaban J connectivity index is 1.55. The molecule has 4 nitrogen and oxygen atoms in total. The number of carbonyl (C=O) groups excluding carboxylic acids is 2. The van der Waals surface area contributed by atoms with Gasteiger partial charge in [-0.2, -0.15) is 0 Å². The lowest BCUT2D eigenvalue weighted by atomic mass is 9.79. The lowest BCUT2D eigenvalue weighted by Gasteiger charge is -2.26. The van der Waals surface area contributed by atoms with Crippen LogP contribution in [0.5, 0.6) is 0 Å². The van der Waals surface area contributed by atoms with Crippen molar-refractivity contribution < 1.29 is 9.59 Å². The molecular weight excluding hydrogens is 468 g/mol. The van der Waals surface area contributed by atoms with E-state index in [1.54, 1.807) is 0 Å². The van der Waals surface area contributed by atoms with Crippen molar-refractivity contribution in [3.05, 3.63) is 71.8 Å². The van der Waals surface area contributed by atoms with E-state index in [9.17, 15) is 9.59 Å². The Bertz CT molecular complexity index is 1300. The summed E-state index contributed by atoms with van der Waals surface area (Å²) < 4.78 is 0. The second kappa shape index (κ2) is 9.72. The molecule has 2 amide bonds. The summed E-state index contributed by atoms with van der Waals surface area (Å²) in [4.78, 5) is 28.9. The minimum absolute atomic E-state index is 0.0623. The molecule has 3 aromatic carbocycles. The summed E-state index contributed by atoms with van der Waals surface area (Å²) in [6, 6.07) is 21.9. The molecule has 4 heteroatoms. The summed E-state index contributed by atoms with van der Waals surface area (Å²) in [5.41, 5.74) is 9.10. The van der Waals surface area contributed by atoms with Gasteiger partial charge in [-0.1, -0.05) is 84.0 Å². The zero-order valence-corrected chi connectivity index (χ0v) is 23.7. The van der Waals surface area contributed by atoms with E-state index >= 15 is 0 Å². The third-order valence-electron chi connectivity index (χ3n) is 7.89. The van der Waals surface area contributed by atoms with Crippen molar-refractivity contribution in [2.45, 2.75) is 78.1 Å². The van der Waals surface area contributed by atoms with Gasteiger partial charge in [0.05, 0.1) is 0 Å². The SMILES string of the molecule is CC(C)(C)c1cc(-c2ccc(-c3cc(N4CCCC4=O)cc(N4CCCC4=O)c3)cc2)cc(C(C)(C)C)c1. The van der Waals surface area contributed by atoms with Crippen LogP contribution in [0.4, 0.5) is 11.4 Å². The van der Waals surface area contributed by atoms with Gasteiger partial charge in [0.15, 0.2) is 0 Å². The predicted octanol–water partition coefficient (Wildman–Crippen LogP) is 7.87. The Hall–Kier alpha value is -3.40. The van der Waals surface area contributed by atoms with E-state index in [2.05, 4.69) is 96.1 Å². The summed E-state index contributed by atoms with van der Waals surface area (Å²) >= 11 is 0. The molecule has 0 saturated carbocycles. The maximum Gasteiger partial charge on any atom is 0.227 e. The zero-order chi connectivity index (χ0) is 27.2. The predicted molar refractivity (Wildman–Crippen MR) is 158 cm³/mol. The van der Waals surface area contributed by atoms with Crippen LogP contribution in [0.1, 0.15) is 78.4 Å². The second-order valence-corrected chi connectivity index (χ2v) is 12.9. The van der Waals surface area contributed by atoms with Gasteiger partial charge in [-0.25, -0.2) is 0 Å². The molecule has 2 heterocycles. The smallest absolute Gasteiger partial charge is 0.227 e. The van der Waals surface area contributed by atoms with Crippen LogP contribution in [0.25, 0.3) is 22.3 Å². The molecule has 198 valence electrons. The molecule has 0 unspecified atom stereocenters. The normalized spacial score (nSPS) is 16.6. The highest BCUT2D eigenvalue weighted by Crippen LogP contribution is 2.37. The highest BCUT2D eigenvalue weighted by molar-refractivity contribution is 6.00. The van der Waals surface area contributed by atoms with Crippen molar-refractivity contribution in [2.75, 3.05) is 22.9 Å². The van der Waals surface area contributed by atoms with Crippen molar-refractivity contribution in [1.29, 1.82) is 0 Å². The molecule has 0 aliphatic carbocycles. The topological polar surface area (TPSA) is 40.6 Å². The second-order valence-electron chi connectivity index (χ2n) is 12.9. The molecule has 0 bridgehead atoms. The summed E-state index contributed by atoms with van der Waals surface area (Å²) in [5.74, 6) is 0.314. The van der Waals surface area contributed by atoms with E-state index in [0.717, 1.165) is 48.4 Å². The lowest BCUT2D eigenvalue weighted by Crippen LogP contribution is -2.26. The number of hydrogen-bond acceptors (Lipinski definition) is 2. The fourth-order valence-corrected chi connectivity index (χ4v) is 5.43. The van der Waals surface area contributed by atoms with Gasteiger partial charge in [-0.05, 0) is 75.3 Å². The van der Waals surface area contributed by atoms with Crippen molar-refractivity contribution in [1.82, 2.24) is 0 Å². The van der Waals surface area contributed by atoms with Gasteiger partial charge in [-0.3, -0.25) is 9.59 Å². The minimum atomic E-state index is 0.0623. The standard InChI is InChI=1S/C34H40N2O2/c1-33(2,3)27-17-25(18-28(21-27)34(4,5)6)23-11-13-24(14-12-23)26-19-29(35-15-7-9-31(35)37)22-30(20-26)36-16-8-10-32(36)38/h11-14,17-22H,7-10,15-16H2,1-6H3. The average Bonchev–Trinajstić information content (AvgIpc) is 3.50. The first-order chi connectivity index (χ1) is 17.9. The Kier molecular flexibility index (Phi) is 6.71. The summed E-state index contributed by atoms with van der Waals surface area (Å²) in [5, 5.41) is 0. The molecule has 5 rings (SSSR count). The van der Waals surface area contributed by atoms with Crippen molar-refractivity contribution in [3.63, 3.8) is 0 Å². The molecule has 2 saturated heterocycles. The molecule has 2 fully saturated rings. The van der Waals surface area contributed by atoms with Crippen LogP contribution in [-0.2, 0) is 20.4 Å². The maximum atomic E-state index is 12.6. The fraction of sp³-hybridized carbons (Fsp3) is 0.412. The van der Waals surface area contributed by atoms with Gasteiger partial charge in [0.2, 0.25) is 11.8 Å². The molecule has 0 N–H and O–H groups in total. The number of benzene rings is 3. The first-order valence-electron chi connectivity index (χ1n) is 13.9. The Morgan fingerprint density at radius 1 is 0.526 bits per heavy atom. The van der Waals surface area contributed by atoms with Gasteiger partial charge in [0, 0.05) is 37.3 Å². The van der Waals surface area contributed by atoms with E-state index in [-0.39, 0.29) is 22.6 Å². The molecular formula is C34H40N2O2. The molecule has 0 radical (unpaired) electrons. The van der Waals surface area contributed by atoms with Crippen LogP contribution < -0.4 is 9.80 Å². The van der Waals surface area contributed by atoms with Crippen LogP contribution in [-0.4, -0.2) is 24.9 Å². The highest BCUT2D eigenvalue weighted by Gasteiger charge is 2.26. The molecule has 2 aliphatic heterocycles. The summed E-state index contributed by atoms with van der Waals surface area (Å²) in [7, 11) is 0. The van der Waals surface area contributed by atoms with Gasteiger partial charge in [0.25, 0.3) is 0 Å². The lowest BCUT2D eigenvalue weighted by molar-refractivity contribution is -0.117.